The molecule has 0 aliphatic carbocycles. The minimum atomic E-state index is 0.880. The van der Waals surface area contributed by atoms with Gasteiger partial charge in [0.25, 0.3) is 0 Å². The molecule has 0 spiro atoms. The van der Waals surface area contributed by atoms with Crippen molar-refractivity contribution in [2.24, 2.45) is 0 Å². The van der Waals surface area contributed by atoms with E-state index in [-0.39, 0.29) is 0 Å². The fourth-order valence-electron chi connectivity index (χ4n) is 7.83. The lowest BCUT2D eigenvalue weighted by Crippen LogP contribution is -1.96. The van der Waals surface area contributed by atoms with Crippen molar-refractivity contribution in [1.82, 2.24) is 28.5 Å². The molecule has 0 bridgehead atoms. The van der Waals surface area contributed by atoms with E-state index in [1.165, 1.54) is 32.6 Å². The Balaban J connectivity index is 1.43. The van der Waals surface area contributed by atoms with Crippen LogP contribution in [0, 0.1) is 0 Å². The van der Waals surface area contributed by atoms with E-state index in [9.17, 15) is 0 Å². The Morgan fingerprint density at radius 3 is 1.98 bits per heavy atom. The summed E-state index contributed by atoms with van der Waals surface area (Å²) in [4.78, 5) is 14.6. The average Bonchev–Trinajstić information content (AvgIpc) is 3.79. The van der Waals surface area contributed by atoms with Gasteiger partial charge in [-0.3, -0.25) is 9.38 Å². The first kappa shape index (κ1) is 24.8. The van der Waals surface area contributed by atoms with E-state index in [4.69, 9.17) is 9.97 Å². The summed E-state index contributed by atoms with van der Waals surface area (Å²) in [6.07, 6.45) is 5.56. The highest BCUT2D eigenvalue weighted by molar-refractivity contribution is 6.31. The molecule has 5 aromatic carbocycles. The zero-order valence-electron chi connectivity index (χ0n) is 25.0. The van der Waals surface area contributed by atoms with Crippen molar-refractivity contribution in [3.63, 3.8) is 0 Å². The molecule has 6 heteroatoms. The third-order valence-electron chi connectivity index (χ3n) is 9.72. The van der Waals surface area contributed by atoms with Crippen molar-refractivity contribution >= 4 is 82.1 Å². The van der Waals surface area contributed by atoms with Gasteiger partial charge in [-0.25, -0.2) is 9.97 Å². The lowest BCUT2D eigenvalue weighted by molar-refractivity contribution is 1.16. The van der Waals surface area contributed by atoms with E-state index in [1.54, 1.807) is 0 Å². The van der Waals surface area contributed by atoms with Crippen LogP contribution in [0.1, 0.15) is 0 Å². The van der Waals surface area contributed by atoms with E-state index >= 15 is 0 Å². The molecule has 218 valence electrons. The van der Waals surface area contributed by atoms with Gasteiger partial charge in [0, 0.05) is 56.1 Å². The van der Waals surface area contributed by atoms with Crippen LogP contribution in [0.5, 0.6) is 0 Å². The zero-order chi connectivity index (χ0) is 30.6. The van der Waals surface area contributed by atoms with Gasteiger partial charge in [0.2, 0.25) is 0 Å². The summed E-state index contributed by atoms with van der Waals surface area (Å²) < 4.78 is 6.98. The van der Waals surface area contributed by atoms with Gasteiger partial charge in [0.1, 0.15) is 11.3 Å². The number of nitrogens with zero attached hydrogens (tertiary/aromatic N) is 6. The Kier molecular flexibility index (Phi) is 4.75. The summed E-state index contributed by atoms with van der Waals surface area (Å²) in [5.41, 5.74) is 10.5. The summed E-state index contributed by atoms with van der Waals surface area (Å²) in [7, 11) is 0. The third kappa shape index (κ3) is 3.21. The fraction of sp³-hybridized carbons (Fsp3) is 0. The van der Waals surface area contributed by atoms with Crippen LogP contribution >= 0.6 is 0 Å². The molecule has 0 radical (unpaired) electrons. The number of rotatable bonds is 2. The van der Waals surface area contributed by atoms with Gasteiger partial charge in [0.05, 0.1) is 39.3 Å². The molecule has 6 nitrogen and oxygen atoms in total. The number of para-hydroxylation sites is 3. The van der Waals surface area contributed by atoms with E-state index in [1.807, 2.05) is 30.7 Å². The maximum atomic E-state index is 5.26. The first-order chi connectivity index (χ1) is 23.3. The highest BCUT2D eigenvalue weighted by atomic mass is 15.1. The Morgan fingerprint density at radius 2 is 1.15 bits per heavy atom. The number of hydrogen-bond acceptors (Lipinski definition) is 3. The second-order valence-electron chi connectivity index (χ2n) is 12.1. The second-order valence-corrected chi connectivity index (χ2v) is 12.1. The molecule has 0 saturated carbocycles. The first-order valence-corrected chi connectivity index (χ1v) is 15.8. The van der Waals surface area contributed by atoms with E-state index in [0.29, 0.717) is 0 Å². The number of pyridine rings is 3. The first-order valence-electron chi connectivity index (χ1n) is 15.8. The van der Waals surface area contributed by atoms with Crippen LogP contribution < -0.4 is 0 Å². The van der Waals surface area contributed by atoms with Crippen molar-refractivity contribution < 1.29 is 0 Å². The number of aromatic nitrogens is 6. The third-order valence-corrected chi connectivity index (χ3v) is 9.72. The molecule has 0 aliphatic heterocycles. The number of fused-ring (bicyclic) bond motifs is 15. The molecule has 0 amide bonds. The summed E-state index contributed by atoms with van der Waals surface area (Å²) >= 11 is 0. The molecule has 0 saturated heterocycles. The predicted octanol–water partition coefficient (Wildman–Crippen LogP) is 9.78. The van der Waals surface area contributed by atoms with Gasteiger partial charge in [-0.1, -0.05) is 60.7 Å². The van der Waals surface area contributed by atoms with Crippen molar-refractivity contribution in [2.75, 3.05) is 0 Å². The monoisotopic (exact) mass is 600 g/mol. The quantitative estimate of drug-likeness (QED) is 0.186. The predicted molar refractivity (Wildman–Crippen MR) is 192 cm³/mol. The molecule has 0 unspecified atom stereocenters. The highest BCUT2D eigenvalue weighted by Gasteiger charge is 2.23. The minimum Gasteiger partial charge on any atom is -0.309 e. The summed E-state index contributed by atoms with van der Waals surface area (Å²) in [5.74, 6) is 0. The Morgan fingerprint density at radius 1 is 0.426 bits per heavy atom. The summed E-state index contributed by atoms with van der Waals surface area (Å²) in [5, 5.41) is 8.15. The van der Waals surface area contributed by atoms with Crippen molar-refractivity contribution in [3.05, 3.63) is 146 Å². The van der Waals surface area contributed by atoms with Crippen LogP contribution in [-0.2, 0) is 0 Å². The van der Waals surface area contributed by atoms with Gasteiger partial charge < -0.3 is 9.13 Å². The van der Waals surface area contributed by atoms with Crippen molar-refractivity contribution in [2.45, 2.75) is 0 Å². The molecule has 0 atom stereocenters. The topological polar surface area (TPSA) is 52.9 Å². The largest absolute Gasteiger partial charge is 0.309 e. The molecule has 6 heterocycles. The van der Waals surface area contributed by atoms with Gasteiger partial charge >= 0.3 is 0 Å². The Hall–Kier alpha value is -6.53. The molecule has 0 fully saturated rings. The van der Waals surface area contributed by atoms with E-state index < -0.39 is 0 Å². The minimum absolute atomic E-state index is 0.880. The van der Waals surface area contributed by atoms with Crippen LogP contribution in [0.4, 0.5) is 0 Å². The number of hydrogen-bond donors (Lipinski definition) is 0. The van der Waals surface area contributed by atoms with Crippen LogP contribution in [0.3, 0.4) is 0 Å². The van der Waals surface area contributed by atoms with Crippen molar-refractivity contribution in [3.8, 4) is 11.4 Å². The van der Waals surface area contributed by atoms with Gasteiger partial charge in [-0.2, -0.15) is 0 Å². The summed E-state index contributed by atoms with van der Waals surface area (Å²) in [6, 6.07) is 45.5. The smallest absolute Gasteiger partial charge is 0.148 e. The lowest BCUT2D eigenvalue weighted by Gasteiger charge is -2.11. The van der Waals surface area contributed by atoms with E-state index in [0.717, 1.165) is 60.9 Å². The Bertz CT molecular complexity index is 3060. The van der Waals surface area contributed by atoms with Crippen molar-refractivity contribution in [1.29, 1.82) is 0 Å². The van der Waals surface area contributed by atoms with Crippen LogP contribution in [0.25, 0.3) is 93.5 Å². The number of benzene rings is 5. The van der Waals surface area contributed by atoms with Gasteiger partial charge in [-0.05, 0) is 72.1 Å². The maximum Gasteiger partial charge on any atom is 0.148 e. The van der Waals surface area contributed by atoms with Crippen LogP contribution in [-0.4, -0.2) is 28.5 Å². The normalized spacial score (nSPS) is 12.3. The molecule has 0 aliphatic rings. The van der Waals surface area contributed by atoms with Crippen LogP contribution in [0.2, 0.25) is 0 Å². The van der Waals surface area contributed by atoms with Gasteiger partial charge in [-0.15, -0.1) is 0 Å². The maximum absolute atomic E-state index is 5.26. The molecule has 6 aromatic heterocycles. The Labute approximate surface area is 267 Å². The molecular weight excluding hydrogens is 576 g/mol. The zero-order valence-corrected chi connectivity index (χ0v) is 25.0. The molecule has 0 N–H and O–H groups in total. The lowest BCUT2D eigenvalue weighted by atomic mass is 10.0. The van der Waals surface area contributed by atoms with E-state index in [2.05, 4.69) is 134 Å². The highest BCUT2D eigenvalue weighted by Crippen LogP contribution is 2.44. The molecule has 11 rings (SSSR count). The number of imidazole rings is 1. The SMILES string of the molecule is c1ccc(-n2c3ccccc3c3cc4c5c6c(ccc5n(-c5ccccc5)c4cc32)c2cccnc2n2c3cnccc3nc62)cc1. The average molecular weight is 601 g/mol. The second kappa shape index (κ2) is 9.02. The standard InChI is InChI=1S/C41H24N6/c1-3-10-25(11-4-1)45-33-16-8-7-14-27(33)30-22-31-36(23-35(30)45)46(26-12-5-2-6-13-26)34-18-17-28-29-15-9-20-43-40(29)47-37-24-42-21-19-32(37)44-41(47)39(28)38(31)34/h1-24H. The molecule has 11 aromatic rings. The fourth-order valence-corrected chi connectivity index (χ4v) is 7.83. The van der Waals surface area contributed by atoms with Crippen LogP contribution in [0.15, 0.2) is 146 Å². The molecule has 47 heavy (non-hydrogen) atoms. The summed E-state index contributed by atoms with van der Waals surface area (Å²) in [6.45, 7) is 0. The molecular formula is C41H24N6. The van der Waals surface area contributed by atoms with Gasteiger partial charge in [0.15, 0.2) is 0 Å².